The minimum Gasteiger partial charge on any atom is -0.373 e. The van der Waals surface area contributed by atoms with Crippen LogP contribution >= 0.6 is 0 Å². The van der Waals surface area contributed by atoms with Crippen molar-refractivity contribution in [1.82, 2.24) is 4.90 Å². The van der Waals surface area contributed by atoms with E-state index in [9.17, 15) is 0 Å². The standard InChI is InChI=1S/C7H13NO/c1-5(2)8-3-7-6(8)4-9-7/h5-7H,3-4H2,1-2H3. The van der Waals surface area contributed by atoms with Crippen molar-refractivity contribution in [2.75, 3.05) is 13.2 Å². The Labute approximate surface area is 55.8 Å². The number of rotatable bonds is 1. The zero-order valence-corrected chi connectivity index (χ0v) is 6.00. The molecule has 2 heteroatoms. The second-order valence-electron chi connectivity index (χ2n) is 3.23. The largest absolute Gasteiger partial charge is 0.373 e. The number of ether oxygens (including phenoxy) is 1. The molecule has 0 N–H and O–H groups in total. The molecule has 2 nitrogen and oxygen atoms in total. The fraction of sp³-hybridized carbons (Fsp3) is 1.00. The molecule has 0 aromatic heterocycles. The molecule has 0 saturated carbocycles. The minimum atomic E-state index is 0.604. The molecular formula is C7H13NO. The monoisotopic (exact) mass is 127 g/mol. The van der Waals surface area contributed by atoms with Gasteiger partial charge in [0.1, 0.15) is 0 Å². The molecule has 9 heavy (non-hydrogen) atoms. The SMILES string of the molecule is CC(C)N1CC2OCC21. The van der Waals surface area contributed by atoms with Gasteiger partial charge in [0.05, 0.1) is 18.8 Å². The minimum absolute atomic E-state index is 0.604. The summed E-state index contributed by atoms with van der Waals surface area (Å²) in [6.45, 7) is 6.63. The van der Waals surface area contributed by atoms with Gasteiger partial charge < -0.3 is 4.74 Å². The van der Waals surface area contributed by atoms with Crippen molar-refractivity contribution in [2.45, 2.75) is 32.0 Å². The van der Waals surface area contributed by atoms with E-state index in [1.54, 1.807) is 0 Å². The third kappa shape index (κ3) is 0.634. The Bertz CT molecular complexity index is 124. The lowest BCUT2D eigenvalue weighted by Crippen LogP contribution is -2.71. The van der Waals surface area contributed by atoms with Crippen LogP contribution in [0.4, 0.5) is 0 Å². The third-order valence-corrected chi connectivity index (χ3v) is 2.39. The van der Waals surface area contributed by atoms with E-state index < -0.39 is 0 Å². The molecule has 0 bridgehead atoms. The van der Waals surface area contributed by atoms with Crippen LogP contribution in [0.15, 0.2) is 0 Å². The molecule has 2 saturated heterocycles. The number of fused-ring (bicyclic) bond motifs is 1. The van der Waals surface area contributed by atoms with Gasteiger partial charge in [-0.15, -0.1) is 0 Å². The highest BCUT2D eigenvalue weighted by Gasteiger charge is 2.47. The summed E-state index contributed by atoms with van der Waals surface area (Å²) in [5.41, 5.74) is 0. The van der Waals surface area contributed by atoms with Crippen LogP contribution in [0.1, 0.15) is 13.8 Å². The van der Waals surface area contributed by atoms with Crippen molar-refractivity contribution in [3.05, 3.63) is 0 Å². The van der Waals surface area contributed by atoms with E-state index in [1.165, 1.54) is 6.54 Å². The molecule has 0 aromatic carbocycles. The number of likely N-dealkylation sites (tertiary alicyclic amines) is 1. The van der Waals surface area contributed by atoms with Crippen LogP contribution in [0, 0.1) is 0 Å². The second-order valence-corrected chi connectivity index (χ2v) is 3.23. The third-order valence-electron chi connectivity index (χ3n) is 2.39. The average Bonchev–Trinajstić information content (AvgIpc) is 1.76. The predicted molar refractivity (Wildman–Crippen MR) is 35.4 cm³/mol. The zero-order chi connectivity index (χ0) is 6.43. The fourth-order valence-electron chi connectivity index (χ4n) is 1.60. The summed E-state index contributed by atoms with van der Waals surface area (Å²) in [4.78, 5) is 2.49. The van der Waals surface area contributed by atoms with Crippen molar-refractivity contribution < 1.29 is 4.74 Å². The lowest BCUT2D eigenvalue weighted by atomic mass is 9.93. The fourth-order valence-corrected chi connectivity index (χ4v) is 1.60. The summed E-state index contributed by atoms with van der Waals surface area (Å²) in [5.74, 6) is 0. The summed E-state index contributed by atoms with van der Waals surface area (Å²) in [6.07, 6.45) is 0.604. The molecule has 52 valence electrons. The lowest BCUT2D eigenvalue weighted by molar-refractivity contribution is -0.223. The maximum Gasteiger partial charge on any atom is 0.0880 e. The van der Waals surface area contributed by atoms with E-state index in [0.29, 0.717) is 6.10 Å². The van der Waals surface area contributed by atoms with Crippen molar-refractivity contribution in [1.29, 1.82) is 0 Å². The van der Waals surface area contributed by atoms with Gasteiger partial charge in [0.25, 0.3) is 0 Å². The van der Waals surface area contributed by atoms with E-state index in [1.807, 2.05) is 0 Å². The first-order valence-electron chi connectivity index (χ1n) is 3.66. The number of morpholine rings is 1. The molecule has 2 aliphatic heterocycles. The summed E-state index contributed by atoms with van der Waals surface area (Å²) < 4.78 is 5.27. The highest BCUT2D eigenvalue weighted by Crippen LogP contribution is 2.31. The van der Waals surface area contributed by atoms with Gasteiger partial charge in [0.15, 0.2) is 0 Å². The molecular weight excluding hydrogens is 114 g/mol. The molecule has 2 atom stereocenters. The van der Waals surface area contributed by atoms with Gasteiger partial charge >= 0.3 is 0 Å². The van der Waals surface area contributed by atoms with Crippen LogP contribution in [0.25, 0.3) is 0 Å². The number of hydrogen-bond donors (Lipinski definition) is 0. The Balaban J connectivity index is 1.90. The van der Waals surface area contributed by atoms with E-state index in [0.717, 1.165) is 18.7 Å². The molecule has 2 rings (SSSR count). The maximum atomic E-state index is 5.27. The Kier molecular flexibility index (Phi) is 1.08. The molecule has 0 aromatic rings. The van der Waals surface area contributed by atoms with Crippen LogP contribution < -0.4 is 0 Å². The molecule has 2 aliphatic rings. The number of hydrogen-bond acceptors (Lipinski definition) is 2. The van der Waals surface area contributed by atoms with Gasteiger partial charge in [-0.3, -0.25) is 4.90 Å². The normalized spacial score (nSPS) is 41.7. The molecule has 2 fully saturated rings. The van der Waals surface area contributed by atoms with Crippen molar-refractivity contribution >= 4 is 0 Å². The van der Waals surface area contributed by atoms with Gasteiger partial charge in [-0.1, -0.05) is 0 Å². The molecule has 0 aliphatic carbocycles. The van der Waals surface area contributed by atoms with Crippen LogP contribution in [0.5, 0.6) is 0 Å². The first-order chi connectivity index (χ1) is 4.29. The molecule has 0 spiro atoms. The van der Waals surface area contributed by atoms with Gasteiger partial charge in [-0.2, -0.15) is 0 Å². The summed E-state index contributed by atoms with van der Waals surface area (Å²) >= 11 is 0. The topological polar surface area (TPSA) is 12.5 Å². The Hall–Kier alpha value is -0.0800. The van der Waals surface area contributed by atoms with Crippen LogP contribution in [0.2, 0.25) is 0 Å². The van der Waals surface area contributed by atoms with Crippen LogP contribution in [-0.2, 0) is 4.74 Å². The second kappa shape index (κ2) is 1.70. The zero-order valence-electron chi connectivity index (χ0n) is 6.00. The Morgan fingerprint density at radius 1 is 1.56 bits per heavy atom. The van der Waals surface area contributed by atoms with Crippen LogP contribution in [-0.4, -0.2) is 36.2 Å². The molecule has 0 radical (unpaired) electrons. The Morgan fingerprint density at radius 2 is 2.33 bits per heavy atom. The summed E-state index contributed by atoms with van der Waals surface area (Å²) in [5, 5.41) is 0. The first kappa shape index (κ1) is 5.69. The van der Waals surface area contributed by atoms with E-state index in [2.05, 4.69) is 18.7 Å². The van der Waals surface area contributed by atoms with E-state index in [-0.39, 0.29) is 0 Å². The average molecular weight is 127 g/mol. The molecule has 2 unspecified atom stereocenters. The van der Waals surface area contributed by atoms with Gasteiger partial charge in [-0.25, -0.2) is 0 Å². The maximum absolute atomic E-state index is 5.27. The van der Waals surface area contributed by atoms with Crippen LogP contribution in [0.3, 0.4) is 0 Å². The van der Waals surface area contributed by atoms with Gasteiger partial charge in [0, 0.05) is 12.6 Å². The highest BCUT2D eigenvalue weighted by molar-refractivity contribution is 5.00. The molecule has 0 amide bonds. The highest BCUT2D eigenvalue weighted by atomic mass is 16.5. The lowest BCUT2D eigenvalue weighted by Gasteiger charge is -2.56. The predicted octanol–water partition coefficient (Wildman–Crippen LogP) is 0.478. The van der Waals surface area contributed by atoms with Gasteiger partial charge in [0.2, 0.25) is 0 Å². The molecule has 2 heterocycles. The summed E-state index contributed by atoms with van der Waals surface area (Å²) in [6, 6.07) is 1.50. The first-order valence-corrected chi connectivity index (χ1v) is 3.66. The van der Waals surface area contributed by atoms with Crippen molar-refractivity contribution in [3.8, 4) is 0 Å². The van der Waals surface area contributed by atoms with Crippen molar-refractivity contribution in [2.24, 2.45) is 0 Å². The smallest absolute Gasteiger partial charge is 0.0880 e. The van der Waals surface area contributed by atoms with Gasteiger partial charge in [-0.05, 0) is 13.8 Å². The van der Waals surface area contributed by atoms with Crippen molar-refractivity contribution in [3.63, 3.8) is 0 Å². The quantitative estimate of drug-likeness (QED) is 0.508. The summed E-state index contributed by atoms with van der Waals surface area (Å²) in [7, 11) is 0. The Morgan fingerprint density at radius 3 is 2.44 bits per heavy atom. The van der Waals surface area contributed by atoms with E-state index >= 15 is 0 Å². The number of nitrogens with zero attached hydrogens (tertiary/aromatic N) is 1. The van der Waals surface area contributed by atoms with E-state index in [4.69, 9.17) is 4.74 Å².